The summed E-state index contributed by atoms with van der Waals surface area (Å²) in [6.07, 6.45) is 8.89. The van der Waals surface area contributed by atoms with E-state index in [4.69, 9.17) is 5.11 Å². The van der Waals surface area contributed by atoms with Crippen LogP contribution < -0.4 is 0 Å². The Kier molecular flexibility index (Phi) is 4.00. The van der Waals surface area contributed by atoms with E-state index in [1.165, 1.54) is 31.3 Å². The van der Waals surface area contributed by atoms with E-state index in [1.807, 2.05) is 6.08 Å². The first-order valence-electron chi connectivity index (χ1n) is 5.16. The Labute approximate surface area is 79.6 Å². The summed E-state index contributed by atoms with van der Waals surface area (Å²) in [6, 6.07) is 0. The van der Waals surface area contributed by atoms with Crippen LogP contribution in [-0.2, 0) is 4.79 Å². The Balaban J connectivity index is 2.06. The molecule has 0 heterocycles. The van der Waals surface area contributed by atoms with Gasteiger partial charge in [0.25, 0.3) is 0 Å². The second-order valence-corrected chi connectivity index (χ2v) is 3.78. The second kappa shape index (κ2) is 5.05. The zero-order valence-corrected chi connectivity index (χ0v) is 8.25. The predicted molar refractivity (Wildman–Crippen MR) is 52.6 cm³/mol. The number of carboxylic acid groups (broad SMARTS) is 1. The first kappa shape index (κ1) is 10.3. The fourth-order valence-electron chi connectivity index (χ4n) is 1.66. The smallest absolute Gasteiger partial charge is 0.310 e. The van der Waals surface area contributed by atoms with Crippen LogP contribution in [0, 0.1) is 5.92 Å². The molecule has 0 aromatic carbocycles. The maximum atomic E-state index is 10.5. The van der Waals surface area contributed by atoms with E-state index in [-0.39, 0.29) is 5.92 Å². The first-order valence-corrected chi connectivity index (χ1v) is 5.16. The maximum Gasteiger partial charge on any atom is 0.310 e. The lowest BCUT2D eigenvalue weighted by Crippen LogP contribution is -2.19. The van der Waals surface area contributed by atoms with Crippen LogP contribution in [0.2, 0.25) is 0 Å². The lowest BCUT2D eigenvalue weighted by atomic mass is 9.84. The molecule has 1 N–H and O–H groups in total. The molecule has 0 radical (unpaired) electrons. The van der Waals surface area contributed by atoms with Crippen molar-refractivity contribution in [1.29, 1.82) is 0 Å². The van der Waals surface area contributed by atoms with Gasteiger partial charge in [-0.2, -0.15) is 0 Å². The quantitative estimate of drug-likeness (QED) is 0.506. The lowest BCUT2D eigenvalue weighted by molar-refractivity contribution is -0.140. The number of carbonyl (C=O) groups is 1. The maximum absolute atomic E-state index is 10.5. The van der Waals surface area contributed by atoms with Crippen LogP contribution in [0.5, 0.6) is 0 Å². The van der Waals surface area contributed by atoms with E-state index in [1.54, 1.807) is 0 Å². The number of rotatable bonds is 6. The number of unbranched alkanes of at least 4 members (excludes halogenated alkanes) is 3. The topological polar surface area (TPSA) is 37.3 Å². The van der Waals surface area contributed by atoms with E-state index in [9.17, 15) is 4.79 Å². The van der Waals surface area contributed by atoms with Gasteiger partial charge in [0.1, 0.15) is 0 Å². The highest BCUT2D eigenvalue weighted by atomic mass is 16.4. The average Bonchev–Trinajstić information content (AvgIpc) is 2.00. The average molecular weight is 182 g/mol. The highest BCUT2D eigenvalue weighted by molar-refractivity contribution is 5.74. The molecule has 1 aliphatic carbocycles. The molecule has 0 unspecified atom stereocenters. The van der Waals surface area contributed by atoms with Gasteiger partial charge in [-0.25, -0.2) is 0 Å². The SMILES string of the molecule is CCCCCCC1=C[C@@H](C(=O)O)C1. The van der Waals surface area contributed by atoms with Crippen molar-refractivity contribution < 1.29 is 9.90 Å². The summed E-state index contributed by atoms with van der Waals surface area (Å²) in [5.41, 5.74) is 1.35. The Morgan fingerprint density at radius 1 is 1.54 bits per heavy atom. The fourth-order valence-corrected chi connectivity index (χ4v) is 1.66. The molecule has 74 valence electrons. The van der Waals surface area contributed by atoms with E-state index < -0.39 is 5.97 Å². The third kappa shape index (κ3) is 3.21. The van der Waals surface area contributed by atoms with Gasteiger partial charge in [-0.05, 0) is 19.3 Å². The molecule has 0 spiro atoms. The van der Waals surface area contributed by atoms with Crippen molar-refractivity contribution in [3.8, 4) is 0 Å². The molecule has 1 atom stereocenters. The number of hydrogen-bond donors (Lipinski definition) is 1. The van der Waals surface area contributed by atoms with Crippen molar-refractivity contribution in [1.82, 2.24) is 0 Å². The molecule has 0 aliphatic heterocycles. The van der Waals surface area contributed by atoms with Crippen LogP contribution in [0.3, 0.4) is 0 Å². The molecule has 0 aromatic heterocycles. The van der Waals surface area contributed by atoms with Gasteiger partial charge in [0.15, 0.2) is 0 Å². The summed E-state index contributed by atoms with van der Waals surface area (Å²) in [7, 11) is 0. The van der Waals surface area contributed by atoms with Gasteiger partial charge >= 0.3 is 5.97 Å². The molecular formula is C11H18O2. The van der Waals surface area contributed by atoms with Crippen molar-refractivity contribution >= 4 is 5.97 Å². The zero-order valence-electron chi connectivity index (χ0n) is 8.25. The Morgan fingerprint density at radius 3 is 2.77 bits per heavy atom. The fraction of sp³-hybridized carbons (Fsp3) is 0.727. The van der Waals surface area contributed by atoms with Crippen molar-refractivity contribution in [3.05, 3.63) is 11.6 Å². The van der Waals surface area contributed by atoms with Gasteiger partial charge in [-0.15, -0.1) is 0 Å². The van der Waals surface area contributed by atoms with Crippen LogP contribution in [0.15, 0.2) is 11.6 Å². The van der Waals surface area contributed by atoms with Gasteiger partial charge in [0.05, 0.1) is 5.92 Å². The molecule has 0 aromatic rings. The highest BCUT2D eigenvalue weighted by Gasteiger charge is 2.24. The van der Waals surface area contributed by atoms with Gasteiger partial charge in [-0.3, -0.25) is 4.79 Å². The van der Waals surface area contributed by atoms with Crippen molar-refractivity contribution in [2.75, 3.05) is 0 Å². The molecule has 13 heavy (non-hydrogen) atoms. The van der Waals surface area contributed by atoms with Crippen LogP contribution in [0.1, 0.15) is 45.4 Å². The van der Waals surface area contributed by atoms with Gasteiger partial charge in [-0.1, -0.05) is 37.8 Å². The Morgan fingerprint density at radius 2 is 2.23 bits per heavy atom. The Bertz CT molecular complexity index is 206. The minimum Gasteiger partial charge on any atom is -0.481 e. The largest absolute Gasteiger partial charge is 0.481 e. The molecule has 0 saturated heterocycles. The molecule has 0 bridgehead atoms. The Hall–Kier alpha value is -0.790. The van der Waals surface area contributed by atoms with Gasteiger partial charge < -0.3 is 5.11 Å². The summed E-state index contributed by atoms with van der Waals surface area (Å²) >= 11 is 0. The molecule has 1 aliphatic rings. The monoisotopic (exact) mass is 182 g/mol. The predicted octanol–water partition coefficient (Wildman–Crippen LogP) is 2.99. The molecule has 2 nitrogen and oxygen atoms in total. The summed E-state index contributed by atoms with van der Waals surface area (Å²) in [6.45, 7) is 2.20. The van der Waals surface area contributed by atoms with Crippen LogP contribution in [-0.4, -0.2) is 11.1 Å². The second-order valence-electron chi connectivity index (χ2n) is 3.78. The first-order chi connectivity index (χ1) is 6.24. The number of carboxylic acids is 1. The highest BCUT2D eigenvalue weighted by Crippen LogP contribution is 2.29. The molecule has 0 fully saturated rings. The van der Waals surface area contributed by atoms with Crippen LogP contribution in [0.4, 0.5) is 0 Å². The third-order valence-electron chi connectivity index (χ3n) is 2.59. The molecule has 0 amide bonds. The van der Waals surface area contributed by atoms with Crippen molar-refractivity contribution in [2.45, 2.75) is 45.4 Å². The number of aliphatic carboxylic acids is 1. The van der Waals surface area contributed by atoms with Crippen LogP contribution >= 0.6 is 0 Å². The van der Waals surface area contributed by atoms with Crippen molar-refractivity contribution in [3.63, 3.8) is 0 Å². The molecule has 0 saturated carbocycles. The summed E-state index contributed by atoms with van der Waals surface area (Å²) in [5.74, 6) is -0.849. The van der Waals surface area contributed by atoms with Crippen LogP contribution in [0.25, 0.3) is 0 Å². The number of hydrogen-bond acceptors (Lipinski definition) is 1. The van der Waals surface area contributed by atoms with E-state index in [0.717, 1.165) is 12.8 Å². The normalized spacial score (nSPS) is 20.7. The lowest BCUT2D eigenvalue weighted by Gasteiger charge is -2.21. The minimum atomic E-state index is -0.669. The van der Waals surface area contributed by atoms with Gasteiger partial charge in [0, 0.05) is 0 Å². The third-order valence-corrected chi connectivity index (χ3v) is 2.59. The molecular weight excluding hydrogens is 164 g/mol. The summed E-state index contributed by atoms with van der Waals surface area (Å²) < 4.78 is 0. The van der Waals surface area contributed by atoms with Gasteiger partial charge in [0.2, 0.25) is 0 Å². The van der Waals surface area contributed by atoms with E-state index >= 15 is 0 Å². The zero-order chi connectivity index (χ0) is 9.68. The standard InChI is InChI=1S/C11H18O2/c1-2-3-4-5-6-9-7-10(8-9)11(12)13/h7,10H,2-6,8H2,1H3,(H,12,13)/t10-/m1/s1. The van der Waals surface area contributed by atoms with E-state index in [0.29, 0.717) is 0 Å². The number of allylic oxidation sites excluding steroid dienone is 1. The molecule has 1 rings (SSSR count). The summed E-state index contributed by atoms with van der Waals surface area (Å²) in [4.78, 5) is 10.5. The summed E-state index contributed by atoms with van der Waals surface area (Å²) in [5, 5.41) is 8.62. The van der Waals surface area contributed by atoms with Crippen molar-refractivity contribution in [2.24, 2.45) is 5.92 Å². The minimum absolute atomic E-state index is 0.179. The van der Waals surface area contributed by atoms with E-state index in [2.05, 4.69) is 6.92 Å². The molecule has 2 heteroatoms.